The third-order valence-corrected chi connectivity index (χ3v) is 2.84. The second-order valence-corrected chi connectivity index (χ2v) is 3.78. The molecule has 4 nitrogen and oxygen atoms in total. The minimum Gasteiger partial charge on any atom is -0.369 e. The van der Waals surface area contributed by atoms with Crippen molar-refractivity contribution in [3.8, 4) is 0 Å². The topological polar surface area (TPSA) is 58.4 Å². The van der Waals surface area contributed by atoms with Crippen molar-refractivity contribution in [2.75, 3.05) is 6.54 Å². The lowest BCUT2D eigenvalue weighted by atomic mass is 10.0. The van der Waals surface area contributed by atoms with E-state index in [1.54, 1.807) is 0 Å². The van der Waals surface area contributed by atoms with E-state index < -0.39 is 0 Å². The fraction of sp³-hybridized carbons (Fsp3) is 0.182. The average Bonchev–Trinajstić information content (AvgIpc) is 2.64. The van der Waals surface area contributed by atoms with E-state index in [9.17, 15) is 4.79 Å². The largest absolute Gasteiger partial charge is 0.369 e. The fourth-order valence-electron chi connectivity index (χ4n) is 2.17. The van der Waals surface area contributed by atoms with Gasteiger partial charge in [-0.15, -0.1) is 37.2 Å². The van der Waals surface area contributed by atoms with Crippen molar-refractivity contribution in [3.63, 3.8) is 0 Å². The molecule has 0 spiro atoms. The van der Waals surface area contributed by atoms with Crippen LogP contribution in [0.3, 0.4) is 0 Å². The van der Waals surface area contributed by atoms with Gasteiger partial charge in [0, 0.05) is 17.8 Å². The summed E-state index contributed by atoms with van der Waals surface area (Å²) >= 11 is 0. The summed E-state index contributed by atoms with van der Waals surface area (Å²) in [5.74, 6) is 0.729. The van der Waals surface area contributed by atoms with Gasteiger partial charge in [-0.3, -0.25) is 4.79 Å². The first-order valence-corrected chi connectivity index (χ1v) is 4.90. The molecule has 1 fully saturated rings. The Hall–Kier alpha value is -1.10. The SMILES string of the molecule is Cl.Cl.Cl.NC(=O)C1=CC2CNC3=CC=CC(=C1)N32. The highest BCUT2D eigenvalue weighted by molar-refractivity contribution is 5.95. The Kier molecular flexibility index (Phi) is 5.80. The third kappa shape index (κ3) is 2.51. The van der Waals surface area contributed by atoms with Gasteiger partial charge in [0.25, 0.3) is 0 Å². The zero-order valence-electron chi connectivity index (χ0n) is 9.33. The first kappa shape index (κ1) is 16.9. The molecule has 1 unspecified atom stereocenters. The number of allylic oxidation sites excluding steroid dienone is 3. The van der Waals surface area contributed by atoms with Crippen LogP contribution >= 0.6 is 37.2 Å². The fourth-order valence-corrected chi connectivity index (χ4v) is 2.17. The first-order valence-electron chi connectivity index (χ1n) is 4.90. The number of halogens is 3. The number of nitrogens with two attached hydrogens (primary N) is 1. The third-order valence-electron chi connectivity index (χ3n) is 2.84. The van der Waals surface area contributed by atoms with E-state index in [-0.39, 0.29) is 49.2 Å². The predicted octanol–water partition coefficient (Wildman–Crippen LogP) is 1.25. The summed E-state index contributed by atoms with van der Waals surface area (Å²) in [5.41, 5.74) is 6.91. The molecule has 1 atom stereocenters. The molecule has 3 N–H and O–H groups in total. The Balaban J connectivity index is 0.000000963. The minimum atomic E-state index is -0.362. The van der Waals surface area contributed by atoms with Gasteiger partial charge < -0.3 is 16.0 Å². The van der Waals surface area contributed by atoms with Crippen molar-refractivity contribution in [2.45, 2.75) is 6.04 Å². The molecule has 0 aromatic rings. The Labute approximate surface area is 124 Å². The van der Waals surface area contributed by atoms with Crippen LogP contribution in [-0.4, -0.2) is 23.4 Å². The van der Waals surface area contributed by atoms with Crippen LogP contribution in [0.15, 0.2) is 47.5 Å². The van der Waals surface area contributed by atoms with E-state index in [0.29, 0.717) is 5.57 Å². The van der Waals surface area contributed by atoms with Gasteiger partial charge in [-0.05, 0) is 24.3 Å². The number of rotatable bonds is 1. The van der Waals surface area contributed by atoms with E-state index in [2.05, 4.69) is 10.2 Å². The first-order chi connectivity index (χ1) is 7.25. The van der Waals surface area contributed by atoms with Gasteiger partial charge >= 0.3 is 0 Å². The van der Waals surface area contributed by atoms with Crippen molar-refractivity contribution in [3.05, 3.63) is 47.5 Å². The number of nitrogens with one attached hydrogen (secondary N) is 1. The zero-order valence-corrected chi connectivity index (χ0v) is 11.8. The Morgan fingerprint density at radius 2 is 2.11 bits per heavy atom. The van der Waals surface area contributed by atoms with Crippen LogP contribution in [0.5, 0.6) is 0 Å². The molecule has 18 heavy (non-hydrogen) atoms. The number of carbonyl (C=O) groups excluding carboxylic acids is 1. The van der Waals surface area contributed by atoms with Gasteiger partial charge in [0.2, 0.25) is 5.91 Å². The molecular formula is C11H14Cl3N3O. The summed E-state index contributed by atoms with van der Waals surface area (Å²) in [6, 6.07) is 0.212. The number of hydrogen-bond acceptors (Lipinski definition) is 3. The lowest BCUT2D eigenvalue weighted by Crippen LogP contribution is -2.32. The highest BCUT2D eigenvalue weighted by atomic mass is 35.5. The van der Waals surface area contributed by atoms with E-state index in [4.69, 9.17) is 5.73 Å². The van der Waals surface area contributed by atoms with Crippen molar-refractivity contribution in [1.82, 2.24) is 10.2 Å². The van der Waals surface area contributed by atoms with Crippen LogP contribution in [0.1, 0.15) is 0 Å². The van der Waals surface area contributed by atoms with Crippen molar-refractivity contribution >= 4 is 43.1 Å². The number of nitrogens with zero attached hydrogens (tertiary/aromatic N) is 1. The van der Waals surface area contributed by atoms with E-state index >= 15 is 0 Å². The lowest BCUT2D eigenvalue weighted by molar-refractivity contribution is -0.114. The second kappa shape index (κ2) is 6.18. The summed E-state index contributed by atoms with van der Waals surface area (Å²) in [6.07, 6.45) is 9.73. The van der Waals surface area contributed by atoms with Gasteiger partial charge in [-0.25, -0.2) is 0 Å². The van der Waals surface area contributed by atoms with Gasteiger partial charge in [-0.1, -0.05) is 6.08 Å². The van der Waals surface area contributed by atoms with Crippen molar-refractivity contribution < 1.29 is 4.79 Å². The molecule has 7 heteroatoms. The molecule has 100 valence electrons. The summed E-state index contributed by atoms with van der Waals surface area (Å²) in [6.45, 7) is 0.821. The maximum atomic E-state index is 11.1. The van der Waals surface area contributed by atoms with Gasteiger partial charge in [0.15, 0.2) is 0 Å². The molecule has 0 saturated carbocycles. The maximum absolute atomic E-state index is 11.1. The zero-order chi connectivity index (χ0) is 10.4. The van der Waals surface area contributed by atoms with Gasteiger partial charge in [-0.2, -0.15) is 0 Å². The normalized spacial score (nSPS) is 21.9. The van der Waals surface area contributed by atoms with E-state index in [0.717, 1.165) is 18.1 Å². The molecular weight excluding hydrogens is 297 g/mol. The van der Waals surface area contributed by atoms with Gasteiger partial charge in [0.1, 0.15) is 5.82 Å². The second-order valence-electron chi connectivity index (χ2n) is 3.78. The molecule has 1 saturated heterocycles. The number of amides is 1. The number of primary amides is 1. The van der Waals surface area contributed by atoms with Crippen molar-refractivity contribution in [2.24, 2.45) is 5.73 Å². The highest BCUT2D eigenvalue weighted by Gasteiger charge is 2.32. The Bertz CT molecular complexity index is 468. The van der Waals surface area contributed by atoms with Crippen molar-refractivity contribution in [1.29, 1.82) is 0 Å². The van der Waals surface area contributed by atoms with E-state index in [1.165, 1.54) is 0 Å². The minimum absolute atomic E-state index is 0. The number of carbonyl (C=O) groups is 1. The summed E-state index contributed by atoms with van der Waals surface area (Å²) in [7, 11) is 0. The molecule has 0 bridgehead atoms. The standard InChI is InChI=1S/C11H11N3O.3ClH/c12-11(15)7-4-8-2-1-3-10-13-6-9(5-7)14(8)10;;;/h1-5,9,13H,6H2,(H2,12,15);3*1H. The molecule has 0 radical (unpaired) electrons. The van der Waals surface area contributed by atoms with Crippen LogP contribution in [0.2, 0.25) is 0 Å². The summed E-state index contributed by atoms with van der Waals surface area (Å²) < 4.78 is 0. The Morgan fingerprint density at radius 1 is 1.39 bits per heavy atom. The van der Waals surface area contributed by atoms with Gasteiger partial charge in [0.05, 0.1) is 6.04 Å². The maximum Gasteiger partial charge on any atom is 0.248 e. The summed E-state index contributed by atoms with van der Waals surface area (Å²) in [4.78, 5) is 13.3. The molecule has 0 aromatic carbocycles. The molecule has 3 rings (SSSR count). The average molecular weight is 311 g/mol. The van der Waals surface area contributed by atoms with Crippen LogP contribution in [0, 0.1) is 0 Å². The highest BCUT2D eigenvalue weighted by Crippen LogP contribution is 2.30. The lowest BCUT2D eigenvalue weighted by Gasteiger charge is -2.30. The monoisotopic (exact) mass is 309 g/mol. The quantitative estimate of drug-likeness (QED) is 0.766. The van der Waals surface area contributed by atoms with Crippen LogP contribution in [0.4, 0.5) is 0 Å². The van der Waals surface area contributed by atoms with Crippen LogP contribution in [0.25, 0.3) is 0 Å². The molecule has 3 aliphatic heterocycles. The molecule has 3 aliphatic rings. The number of hydrogen-bond donors (Lipinski definition) is 2. The summed E-state index contributed by atoms with van der Waals surface area (Å²) in [5, 5.41) is 3.29. The molecule has 3 heterocycles. The van der Waals surface area contributed by atoms with Crippen LogP contribution in [-0.2, 0) is 4.79 Å². The smallest absolute Gasteiger partial charge is 0.248 e. The Morgan fingerprint density at radius 3 is 2.78 bits per heavy atom. The molecule has 1 amide bonds. The molecule has 0 aromatic heterocycles. The van der Waals surface area contributed by atoms with Crippen LogP contribution < -0.4 is 11.1 Å². The predicted molar refractivity (Wildman–Crippen MR) is 78.0 cm³/mol. The molecule has 0 aliphatic carbocycles. The van der Waals surface area contributed by atoms with E-state index in [1.807, 2.05) is 30.4 Å².